The first-order valence-corrected chi connectivity index (χ1v) is 10.7. The lowest BCUT2D eigenvalue weighted by atomic mass is 9.75. The molecule has 0 unspecified atom stereocenters. The SMILES string of the molecule is COCCN(C)C(=O)C[C@@]1(c2ccc(-c3ccccc3)cc2)CC(=O)N(C2CC2)C1=O. The second-order valence-corrected chi connectivity index (χ2v) is 8.49. The van der Waals surface area contributed by atoms with Crippen molar-refractivity contribution in [2.45, 2.75) is 37.1 Å². The minimum absolute atomic E-state index is 0.00760. The summed E-state index contributed by atoms with van der Waals surface area (Å²) in [7, 11) is 3.29. The van der Waals surface area contributed by atoms with Crippen LogP contribution in [0.2, 0.25) is 0 Å². The Morgan fingerprint density at radius 3 is 2.32 bits per heavy atom. The number of carbonyl (C=O) groups excluding carboxylic acids is 3. The molecule has 0 N–H and O–H groups in total. The summed E-state index contributed by atoms with van der Waals surface area (Å²) in [6.45, 7) is 0.856. The second kappa shape index (κ2) is 8.63. The summed E-state index contributed by atoms with van der Waals surface area (Å²) in [5.41, 5.74) is 1.68. The maximum Gasteiger partial charge on any atom is 0.241 e. The Morgan fingerprint density at radius 2 is 1.71 bits per heavy atom. The van der Waals surface area contributed by atoms with Crippen LogP contribution >= 0.6 is 0 Å². The van der Waals surface area contributed by atoms with Gasteiger partial charge in [-0.05, 0) is 29.5 Å². The predicted octanol–water partition coefficient (Wildman–Crippen LogP) is 3.01. The molecular weight excluding hydrogens is 392 g/mol. The van der Waals surface area contributed by atoms with Gasteiger partial charge in [0.2, 0.25) is 17.7 Å². The molecule has 2 aromatic carbocycles. The molecule has 162 valence electrons. The van der Waals surface area contributed by atoms with E-state index in [-0.39, 0.29) is 36.6 Å². The van der Waals surface area contributed by atoms with Crippen molar-refractivity contribution in [3.63, 3.8) is 0 Å². The van der Waals surface area contributed by atoms with Gasteiger partial charge in [-0.3, -0.25) is 19.3 Å². The Hall–Kier alpha value is -2.99. The van der Waals surface area contributed by atoms with E-state index in [1.165, 1.54) is 4.90 Å². The molecule has 6 heteroatoms. The summed E-state index contributed by atoms with van der Waals surface area (Å²) in [6.07, 6.45) is 1.72. The van der Waals surface area contributed by atoms with Crippen LogP contribution in [0.3, 0.4) is 0 Å². The van der Waals surface area contributed by atoms with E-state index in [4.69, 9.17) is 4.74 Å². The molecule has 6 nitrogen and oxygen atoms in total. The number of benzene rings is 2. The van der Waals surface area contributed by atoms with Gasteiger partial charge in [0.1, 0.15) is 0 Å². The fourth-order valence-corrected chi connectivity index (χ4v) is 4.29. The number of imide groups is 1. The Labute approximate surface area is 182 Å². The third-order valence-corrected chi connectivity index (χ3v) is 6.32. The molecule has 1 heterocycles. The fourth-order valence-electron chi connectivity index (χ4n) is 4.29. The van der Waals surface area contributed by atoms with E-state index in [2.05, 4.69) is 0 Å². The molecule has 2 aliphatic rings. The lowest BCUT2D eigenvalue weighted by Gasteiger charge is -2.29. The molecule has 1 atom stereocenters. The van der Waals surface area contributed by atoms with Gasteiger partial charge in [0.25, 0.3) is 0 Å². The molecule has 1 aliphatic heterocycles. The zero-order chi connectivity index (χ0) is 22.0. The van der Waals surface area contributed by atoms with Crippen molar-refractivity contribution in [1.29, 1.82) is 0 Å². The number of methoxy groups -OCH3 is 1. The van der Waals surface area contributed by atoms with Crippen LogP contribution in [0.15, 0.2) is 54.6 Å². The molecule has 0 bridgehead atoms. The molecule has 1 saturated carbocycles. The Morgan fingerprint density at radius 1 is 1.06 bits per heavy atom. The van der Waals surface area contributed by atoms with Crippen molar-refractivity contribution in [2.75, 3.05) is 27.3 Å². The van der Waals surface area contributed by atoms with Gasteiger partial charge in [-0.25, -0.2) is 0 Å². The molecule has 1 saturated heterocycles. The Balaban J connectivity index is 1.67. The molecule has 3 amide bonds. The molecule has 2 fully saturated rings. The number of hydrogen-bond donors (Lipinski definition) is 0. The Kier molecular flexibility index (Phi) is 5.92. The van der Waals surface area contributed by atoms with Crippen LogP contribution in [0, 0.1) is 0 Å². The number of ether oxygens (including phenoxy) is 1. The molecule has 0 radical (unpaired) electrons. The van der Waals surface area contributed by atoms with E-state index in [1.807, 2.05) is 54.6 Å². The highest BCUT2D eigenvalue weighted by molar-refractivity contribution is 6.11. The smallest absolute Gasteiger partial charge is 0.241 e. The lowest BCUT2D eigenvalue weighted by Crippen LogP contribution is -2.43. The van der Waals surface area contributed by atoms with Crippen LogP contribution in [0.4, 0.5) is 0 Å². The first kappa shape index (κ1) is 21.2. The molecule has 1 aliphatic carbocycles. The summed E-state index contributed by atoms with van der Waals surface area (Å²) in [4.78, 5) is 42.4. The summed E-state index contributed by atoms with van der Waals surface area (Å²) in [5.74, 6) is -0.573. The highest BCUT2D eigenvalue weighted by Crippen LogP contribution is 2.44. The molecule has 4 rings (SSSR count). The second-order valence-electron chi connectivity index (χ2n) is 8.49. The molecular formula is C25H28N2O4. The van der Waals surface area contributed by atoms with E-state index in [0.29, 0.717) is 13.2 Å². The topological polar surface area (TPSA) is 66.9 Å². The van der Waals surface area contributed by atoms with E-state index < -0.39 is 5.41 Å². The van der Waals surface area contributed by atoms with Crippen LogP contribution in [-0.2, 0) is 24.5 Å². The normalized spacial score (nSPS) is 20.9. The van der Waals surface area contributed by atoms with Crippen LogP contribution in [0.1, 0.15) is 31.2 Å². The average Bonchev–Trinajstić information content (AvgIpc) is 3.58. The highest BCUT2D eigenvalue weighted by Gasteiger charge is 2.57. The van der Waals surface area contributed by atoms with Crippen LogP contribution < -0.4 is 0 Å². The zero-order valence-electron chi connectivity index (χ0n) is 18.0. The maximum atomic E-state index is 13.6. The van der Waals surface area contributed by atoms with Crippen molar-refractivity contribution in [3.05, 3.63) is 60.2 Å². The van der Waals surface area contributed by atoms with Crippen LogP contribution in [0.5, 0.6) is 0 Å². The van der Waals surface area contributed by atoms with E-state index in [9.17, 15) is 14.4 Å². The van der Waals surface area contributed by atoms with E-state index in [1.54, 1.807) is 19.1 Å². The fraction of sp³-hybridized carbons (Fsp3) is 0.400. The van der Waals surface area contributed by atoms with Gasteiger partial charge in [-0.1, -0.05) is 54.6 Å². The van der Waals surface area contributed by atoms with Gasteiger partial charge in [0, 0.05) is 39.6 Å². The van der Waals surface area contributed by atoms with Crippen molar-refractivity contribution < 1.29 is 19.1 Å². The van der Waals surface area contributed by atoms with Crippen molar-refractivity contribution in [1.82, 2.24) is 9.80 Å². The number of likely N-dealkylation sites (N-methyl/N-ethyl adjacent to an activating group) is 1. The third-order valence-electron chi connectivity index (χ3n) is 6.32. The lowest BCUT2D eigenvalue weighted by molar-refractivity contribution is -0.143. The summed E-state index contributed by atoms with van der Waals surface area (Å²) < 4.78 is 5.07. The summed E-state index contributed by atoms with van der Waals surface area (Å²) in [5, 5.41) is 0. The van der Waals surface area contributed by atoms with Gasteiger partial charge in [0.05, 0.1) is 12.0 Å². The van der Waals surface area contributed by atoms with Gasteiger partial charge < -0.3 is 9.64 Å². The van der Waals surface area contributed by atoms with Gasteiger partial charge in [0.15, 0.2) is 0 Å². The van der Waals surface area contributed by atoms with Crippen molar-refractivity contribution >= 4 is 17.7 Å². The number of nitrogens with zero attached hydrogens (tertiary/aromatic N) is 2. The van der Waals surface area contributed by atoms with E-state index >= 15 is 0 Å². The first-order chi connectivity index (χ1) is 15.0. The van der Waals surface area contributed by atoms with Gasteiger partial charge >= 0.3 is 0 Å². The van der Waals surface area contributed by atoms with E-state index in [0.717, 1.165) is 29.5 Å². The quantitative estimate of drug-likeness (QED) is 0.616. The van der Waals surface area contributed by atoms with Crippen LogP contribution in [-0.4, -0.2) is 60.9 Å². The standard InChI is InChI=1S/C25H28N2O4/c1-26(14-15-31-2)22(28)16-25(17-23(29)27(24(25)30)21-12-13-21)20-10-8-19(9-11-20)18-6-4-3-5-7-18/h3-11,21H,12-17H2,1-2H3/t25-/m0/s1. The number of hydrogen-bond acceptors (Lipinski definition) is 4. The van der Waals surface area contributed by atoms with Gasteiger partial charge in [-0.2, -0.15) is 0 Å². The predicted molar refractivity (Wildman–Crippen MR) is 117 cm³/mol. The summed E-state index contributed by atoms with van der Waals surface area (Å²) in [6, 6.07) is 17.7. The highest BCUT2D eigenvalue weighted by atomic mass is 16.5. The minimum Gasteiger partial charge on any atom is -0.383 e. The Bertz CT molecular complexity index is 969. The zero-order valence-corrected chi connectivity index (χ0v) is 18.0. The van der Waals surface area contributed by atoms with Crippen LogP contribution in [0.25, 0.3) is 11.1 Å². The number of carbonyl (C=O) groups is 3. The third kappa shape index (κ3) is 4.12. The molecule has 0 spiro atoms. The average molecular weight is 421 g/mol. The number of amides is 3. The molecule has 0 aromatic heterocycles. The van der Waals surface area contributed by atoms with Crippen molar-refractivity contribution in [3.8, 4) is 11.1 Å². The summed E-state index contributed by atoms with van der Waals surface area (Å²) >= 11 is 0. The molecule has 31 heavy (non-hydrogen) atoms. The number of likely N-dealkylation sites (tertiary alicyclic amines) is 1. The number of rotatable bonds is 8. The largest absolute Gasteiger partial charge is 0.383 e. The monoisotopic (exact) mass is 420 g/mol. The minimum atomic E-state index is -1.15. The maximum absolute atomic E-state index is 13.6. The first-order valence-electron chi connectivity index (χ1n) is 10.7. The molecule has 2 aromatic rings. The van der Waals surface area contributed by atoms with Gasteiger partial charge in [-0.15, -0.1) is 0 Å². The van der Waals surface area contributed by atoms with Crippen molar-refractivity contribution in [2.24, 2.45) is 0 Å².